The van der Waals surface area contributed by atoms with Gasteiger partial charge < -0.3 is 10.0 Å². The molecule has 4 heteroatoms. The van der Waals surface area contributed by atoms with Crippen LogP contribution in [0.1, 0.15) is 75.5 Å². The fraction of sp³-hybridized carbons (Fsp3) is 0.517. The average molecular weight is 444 g/mol. The first-order chi connectivity index (χ1) is 16.0. The maximum absolute atomic E-state index is 9.90. The van der Waals surface area contributed by atoms with E-state index >= 15 is 0 Å². The smallest absolute Gasteiger partial charge is 0.115 e. The van der Waals surface area contributed by atoms with Crippen LogP contribution in [0.15, 0.2) is 52.7 Å². The van der Waals surface area contributed by atoms with E-state index < -0.39 is 0 Å². The Balaban J connectivity index is 1.31. The van der Waals surface area contributed by atoms with Gasteiger partial charge in [0.2, 0.25) is 0 Å². The largest absolute Gasteiger partial charge is 0.508 e. The summed E-state index contributed by atoms with van der Waals surface area (Å²) < 4.78 is 0. The van der Waals surface area contributed by atoms with E-state index in [1.165, 1.54) is 48.2 Å². The van der Waals surface area contributed by atoms with Crippen molar-refractivity contribution in [2.24, 2.45) is 27.5 Å². The molecule has 0 amide bonds. The van der Waals surface area contributed by atoms with E-state index in [9.17, 15) is 5.11 Å². The normalized spacial score (nSPS) is 29.7. The molecule has 4 nitrogen and oxygen atoms in total. The number of fused-ring (bicyclic) bond motifs is 5. The molecule has 0 aliphatic heterocycles. The summed E-state index contributed by atoms with van der Waals surface area (Å²) in [5.41, 5.74) is 6.70. The SMILES string of the molecule is CCN(CC)c1ccc(/C=N\N=C2\CC[C@H]3[C@H]4CCc5cc(O)ccc5[C@@H]4CC[C@]23C)cc1. The van der Waals surface area contributed by atoms with Crippen LogP contribution in [0.25, 0.3) is 0 Å². The molecule has 2 aromatic rings. The third kappa shape index (κ3) is 3.98. The first-order valence-electron chi connectivity index (χ1n) is 12.8. The Kier molecular flexibility index (Phi) is 6.03. The molecular weight excluding hydrogens is 406 g/mol. The Morgan fingerprint density at radius 2 is 1.82 bits per heavy atom. The van der Waals surface area contributed by atoms with Crippen LogP contribution >= 0.6 is 0 Å². The topological polar surface area (TPSA) is 48.2 Å². The van der Waals surface area contributed by atoms with Crippen LogP contribution in [-0.4, -0.2) is 30.1 Å². The summed E-state index contributed by atoms with van der Waals surface area (Å²) in [6.07, 6.45) is 8.94. The Labute approximate surface area is 198 Å². The van der Waals surface area contributed by atoms with E-state index in [1.54, 1.807) is 0 Å². The highest BCUT2D eigenvalue weighted by atomic mass is 16.3. The van der Waals surface area contributed by atoms with E-state index in [2.05, 4.69) is 61.1 Å². The summed E-state index contributed by atoms with van der Waals surface area (Å²) in [7, 11) is 0. The molecule has 0 bridgehead atoms. The Bertz CT molecular complexity index is 1050. The zero-order chi connectivity index (χ0) is 23.0. The van der Waals surface area contributed by atoms with Crippen molar-refractivity contribution >= 4 is 17.6 Å². The highest BCUT2D eigenvalue weighted by Crippen LogP contribution is 2.60. The second kappa shape index (κ2) is 8.96. The third-order valence-corrected chi connectivity index (χ3v) is 8.86. The lowest BCUT2D eigenvalue weighted by molar-refractivity contribution is 0.0955. The third-order valence-electron chi connectivity index (χ3n) is 8.86. The van der Waals surface area contributed by atoms with E-state index in [4.69, 9.17) is 5.10 Å². The van der Waals surface area contributed by atoms with Crippen LogP contribution < -0.4 is 4.90 Å². The lowest BCUT2D eigenvalue weighted by Crippen LogP contribution is -2.42. The summed E-state index contributed by atoms with van der Waals surface area (Å²) in [6, 6.07) is 14.7. The molecule has 0 saturated heterocycles. The number of anilines is 1. The lowest BCUT2D eigenvalue weighted by Gasteiger charge is -2.49. The van der Waals surface area contributed by atoms with Gasteiger partial charge in [-0.3, -0.25) is 0 Å². The molecule has 1 N–H and O–H groups in total. The molecule has 5 rings (SSSR count). The van der Waals surface area contributed by atoms with Gasteiger partial charge in [0.1, 0.15) is 5.75 Å². The molecule has 2 fully saturated rings. The monoisotopic (exact) mass is 443 g/mol. The van der Waals surface area contributed by atoms with Gasteiger partial charge in [0, 0.05) is 29.9 Å². The molecule has 0 unspecified atom stereocenters. The molecule has 4 atom stereocenters. The van der Waals surface area contributed by atoms with Gasteiger partial charge in [-0.05, 0) is 111 Å². The molecule has 3 aliphatic rings. The Hall–Kier alpha value is -2.62. The van der Waals surface area contributed by atoms with Crippen molar-refractivity contribution < 1.29 is 5.11 Å². The highest BCUT2D eigenvalue weighted by molar-refractivity contribution is 5.93. The quantitative estimate of drug-likeness (QED) is 0.420. The molecule has 0 heterocycles. The van der Waals surface area contributed by atoms with Gasteiger partial charge in [0.15, 0.2) is 0 Å². The fourth-order valence-corrected chi connectivity index (χ4v) is 7.05. The second-order valence-electron chi connectivity index (χ2n) is 10.3. The number of benzene rings is 2. The maximum Gasteiger partial charge on any atom is 0.115 e. The minimum absolute atomic E-state index is 0.180. The van der Waals surface area contributed by atoms with Crippen molar-refractivity contribution in [3.8, 4) is 5.75 Å². The summed E-state index contributed by atoms with van der Waals surface area (Å²) in [5.74, 6) is 2.47. The first kappa shape index (κ1) is 22.2. The predicted molar refractivity (Wildman–Crippen MR) is 138 cm³/mol. The van der Waals surface area contributed by atoms with Crippen molar-refractivity contribution in [2.45, 2.75) is 65.2 Å². The average Bonchev–Trinajstić information content (AvgIpc) is 3.17. The zero-order valence-corrected chi connectivity index (χ0v) is 20.3. The van der Waals surface area contributed by atoms with Gasteiger partial charge in [-0.25, -0.2) is 0 Å². The van der Waals surface area contributed by atoms with Crippen LogP contribution in [0.5, 0.6) is 5.75 Å². The Morgan fingerprint density at radius 3 is 2.58 bits per heavy atom. The number of aromatic hydroxyl groups is 1. The van der Waals surface area contributed by atoms with Crippen molar-refractivity contribution in [3.05, 3.63) is 59.2 Å². The molecule has 33 heavy (non-hydrogen) atoms. The van der Waals surface area contributed by atoms with Crippen molar-refractivity contribution in [3.63, 3.8) is 0 Å². The Morgan fingerprint density at radius 1 is 1.03 bits per heavy atom. The fourth-order valence-electron chi connectivity index (χ4n) is 7.05. The molecule has 0 radical (unpaired) electrons. The summed E-state index contributed by atoms with van der Waals surface area (Å²) in [5, 5.41) is 19.3. The molecule has 2 saturated carbocycles. The highest BCUT2D eigenvalue weighted by Gasteiger charge is 2.53. The number of aryl methyl sites for hydroxylation is 1. The molecular formula is C29H37N3O. The standard InChI is InChI=1S/C29H37N3O/c1-4-32(5-2)22-9-6-20(7-10-22)19-30-31-28-15-14-27-26-12-8-21-18-23(33)11-13-24(21)25(26)16-17-29(27,28)3/h6-7,9-11,13,18-19,25-27,33H,4-5,8,12,14-17H2,1-3H3/b30-19-,31-28-/t25-,26-,27-,29-/m0/s1. The lowest BCUT2D eigenvalue weighted by atomic mass is 9.55. The van der Waals surface area contributed by atoms with Crippen LogP contribution in [0.4, 0.5) is 5.69 Å². The van der Waals surface area contributed by atoms with Crippen molar-refractivity contribution in [1.29, 1.82) is 0 Å². The van der Waals surface area contributed by atoms with E-state index in [1.807, 2.05) is 18.3 Å². The van der Waals surface area contributed by atoms with Crippen LogP contribution in [0, 0.1) is 17.3 Å². The van der Waals surface area contributed by atoms with Crippen molar-refractivity contribution in [1.82, 2.24) is 0 Å². The predicted octanol–water partition coefficient (Wildman–Crippen LogP) is 6.57. The van der Waals surface area contributed by atoms with Gasteiger partial charge in [-0.2, -0.15) is 10.2 Å². The molecule has 174 valence electrons. The van der Waals surface area contributed by atoms with Crippen LogP contribution in [0.2, 0.25) is 0 Å². The number of hydrogen-bond donors (Lipinski definition) is 1. The molecule has 0 spiro atoms. The first-order valence-corrected chi connectivity index (χ1v) is 12.8. The number of nitrogens with zero attached hydrogens (tertiary/aromatic N) is 3. The second-order valence-corrected chi connectivity index (χ2v) is 10.3. The van der Waals surface area contributed by atoms with Gasteiger partial charge in [0.05, 0.1) is 6.21 Å². The minimum atomic E-state index is 0.180. The van der Waals surface area contributed by atoms with E-state index in [0.717, 1.165) is 37.4 Å². The van der Waals surface area contributed by atoms with Gasteiger partial charge in [-0.15, -0.1) is 0 Å². The number of rotatable bonds is 5. The number of phenolic OH excluding ortho intramolecular Hbond substituents is 1. The van der Waals surface area contributed by atoms with Gasteiger partial charge in [-0.1, -0.05) is 25.1 Å². The molecule has 0 aromatic heterocycles. The zero-order valence-electron chi connectivity index (χ0n) is 20.3. The summed E-state index contributed by atoms with van der Waals surface area (Å²) >= 11 is 0. The van der Waals surface area contributed by atoms with Crippen LogP contribution in [-0.2, 0) is 6.42 Å². The number of phenols is 1. The van der Waals surface area contributed by atoms with Crippen molar-refractivity contribution in [2.75, 3.05) is 18.0 Å². The minimum Gasteiger partial charge on any atom is -0.508 e. The maximum atomic E-state index is 9.90. The summed E-state index contributed by atoms with van der Waals surface area (Å²) in [6.45, 7) is 8.87. The molecule has 2 aromatic carbocycles. The summed E-state index contributed by atoms with van der Waals surface area (Å²) in [4.78, 5) is 2.35. The molecule has 3 aliphatic carbocycles. The van der Waals surface area contributed by atoms with E-state index in [0.29, 0.717) is 17.6 Å². The van der Waals surface area contributed by atoms with Gasteiger partial charge in [0.25, 0.3) is 0 Å². The number of hydrogen-bond acceptors (Lipinski definition) is 4. The van der Waals surface area contributed by atoms with Crippen LogP contribution in [0.3, 0.4) is 0 Å². The van der Waals surface area contributed by atoms with E-state index in [-0.39, 0.29) is 5.41 Å². The van der Waals surface area contributed by atoms with Gasteiger partial charge >= 0.3 is 0 Å².